The monoisotopic (exact) mass is 420 g/mol. The number of rotatable bonds is 9. The number of thioether (sulfide) groups is 1. The molecule has 1 aromatic carbocycles. The number of hydrogen-bond donors (Lipinski definition) is 1. The lowest BCUT2D eigenvalue weighted by Crippen LogP contribution is -2.39. The Morgan fingerprint density at radius 1 is 1.17 bits per heavy atom. The molecule has 0 aromatic heterocycles. The minimum atomic E-state index is -0.555. The second kappa shape index (κ2) is 11.9. The molecule has 0 spiro atoms. The number of amides is 2. The molecule has 0 radical (unpaired) electrons. The van der Waals surface area contributed by atoms with E-state index in [1.165, 1.54) is 31.0 Å². The van der Waals surface area contributed by atoms with Crippen LogP contribution in [0.1, 0.15) is 56.3 Å². The Morgan fingerprint density at radius 2 is 1.86 bits per heavy atom. The number of nitrogens with one attached hydrogen (secondary N) is 1. The molecular formula is C22H32N2O4S. The van der Waals surface area contributed by atoms with E-state index in [-0.39, 0.29) is 24.2 Å². The number of benzene rings is 1. The van der Waals surface area contributed by atoms with Crippen molar-refractivity contribution < 1.29 is 19.1 Å². The molecule has 6 nitrogen and oxygen atoms in total. The molecule has 2 amide bonds. The molecule has 1 saturated carbocycles. The van der Waals surface area contributed by atoms with Gasteiger partial charge in [-0.3, -0.25) is 9.59 Å². The number of ether oxygens (including phenoxy) is 1. The fourth-order valence-corrected chi connectivity index (χ4v) is 4.22. The number of esters is 1. The van der Waals surface area contributed by atoms with E-state index in [1.807, 2.05) is 31.9 Å². The van der Waals surface area contributed by atoms with Gasteiger partial charge in [-0.1, -0.05) is 45.2 Å². The van der Waals surface area contributed by atoms with Crippen LogP contribution in [-0.2, 0) is 14.3 Å². The summed E-state index contributed by atoms with van der Waals surface area (Å²) in [7, 11) is 1.87. The smallest absolute Gasteiger partial charge is 0.339 e. The molecule has 1 aliphatic rings. The molecule has 29 heavy (non-hydrogen) atoms. The second-order valence-corrected chi connectivity index (χ2v) is 8.87. The van der Waals surface area contributed by atoms with Crippen LogP contribution in [0.25, 0.3) is 0 Å². The molecule has 0 saturated heterocycles. The van der Waals surface area contributed by atoms with Crippen molar-refractivity contribution in [3.63, 3.8) is 0 Å². The Morgan fingerprint density at radius 3 is 2.55 bits per heavy atom. The number of carbonyl (C=O) groups is 3. The molecule has 0 atom stereocenters. The first-order chi connectivity index (χ1) is 13.9. The van der Waals surface area contributed by atoms with Crippen LogP contribution in [0.15, 0.2) is 29.2 Å². The van der Waals surface area contributed by atoms with Gasteiger partial charge in [0.15, 0.2) is 6.61 Å². The minimum Gasteiger partial charge on any atom is -0.452 e. The summed E-state index contributed by atoms with van der Waals surface area (Å²) >= 11 is 1.33. The summed E-state index contributed by atoms with van der Waals surface area (Å²) in [5.41, 5.74) is 0.377. The highest BCUT2D eigenvalue weighted by Crippen LogP contribution is 2.26. The lowest BCUT2D eigenvalue weighted by molar-refractivity contribution is -0.129. The van der Waals surface area contributed by atoms with Crippen molar-refractivity contribution in [2.45, 2.75) is 56.9 Å². The van der Waals surface area contributed by atoms with Crippen LogP contribution in [0, 0.1) is 5.92 Å². The zero-order valence-corrected chi connectivity index (χ0v) is 18.4. The highest BCUT2D eigenvalue weighted by atomic mass is 32.2. The average molecular weight is 421 g/mol. The van der Waals surface area contributed by atoms with E-state index in [2.05, 4.69) is 5.32 Å². The molecule has 0 unspecified atom stereocenters. The summed E-state index contributed by atoms with van der Waals surface area (Å²) in [6.45, 7) is 4.22. The third-order valence-corrected chi connectivity index (χ3v) is 6.07. The molecule has 0 bridgehead atoms. The van der Waals surface area contributed by atoms with Crippen LogP contribution in [0.5, 0.6) is 0 Å². The van der Waals surface area contributed by atoms with Crippen molar-refractivity contribution >= 4 is 29.5 Å². The molecule has 2 rings (SSSR count). The van der Waals surface area contributed by atoms with E-state index in [9.17, 15) is 14.4 Å². The normalized spacial score (nSPS) is 14.5. The standard InChI is InChI=1S/C22H32N2O4S/c1-16(2)13-23-20(25)14-28-22(27)18-11-7-8-12-19(18)29-15-21(26)24(3)17-9-5-4-6-10-17/h7-8,11-12,16-17H,4-6,9-10,13-15H2,1-3H3,(H,23,25). The summed E-state index contributed by atoms with van der Waals surface area (Å²) in [6, 6.07) is 7.35. The number of hydrogen-bond acceptors (Lipinski definition) is 5. The molecule has 1 N–H and O–H groups in total. The minimum absolute atomic E-state index is 0.0677. The first kappa shape index (κ1) is 23.3. The zero-order chi connectivity index (χ0) is 21.2. The van der Waals surface area contributed by atoms with Gasteiger partial charge in [-0.25, -0.2) is 4.79 Å². The summed E-state index contributed by atoms with van der Waals surface area (Å²) in [5.74, 6) is -0.205. The Balaban J connectivity index is 1.88. The van der Waals surface area contributed by atoms with Crippen molar-refractivity contribution in [1.82, 2.24) is 10.2 Å². The second-order valence-electron chi connectivity index (χ2n) is 7.86. The summed E-state index contributed by atoms with van der Waals surface area (Å²) in [4.78, 5) is 39.3. The maximum Gasteiger partial charge on any atom is 0.339 e. The quantitative estimate of drug-likeness (QED) is 0.489. The maximum atomic E-state index is 12.6. The molecule has 0 aliphatic heterocycles. The largest absolute Gasteiger partial charge is 0.452 e. The summed E-state index contributed by atoms with van der Waals surface area (Å²) in [5, 5.41) is 2.72. The average Bonchev–Trinajstić information content (AvgIpc) is 2.74. The van der Waals surface area contributed by atoms with Crippen molar-refractivity contribution in [2.24, 2.45) is 5.92 Å². The van der Waals surface area contributed by atoms with Gasteiger partial charge >= 0.3 is 5.97 Å². The Labute approximate surface area is 177 Å². The fraction of sp³-hybridized carbons (Fsp3) is 0.591. The Bertz CT molecular complexity index is 702. The molecule has 1 aromatic rings. The number of nitrogens with zero attached hydrogens (tertiary/aromatic N) is 1. The zero-order valence-electron chi connectivity index (χ0n) is 17.6. The van der Waals surface area contributed by atoms with E-state index in [0.717, 1.165) is 12.8 Å². The predicted octanol–water partition coefficient (Wildman–Crippen LogP) is 3.50. The topological polar surface area (TPSA) is 75.7 Å². The van der Waals surface area contributed by atoms with Crippen molar-refractivity contribution in [3.8, 4) is 0 Å². The van der Waals surface area contributed by atoms with Crippen LogP contribution in [0.3, 0.4) is 0 Å². The molecule has 7 heteroatoms. The number of carbonyl (C=O) groups excluding carboxylic acids is 3. The van der Waals surface area contributed by atoms with Crippen LogP contribution < -0.4 is 5.32 Å². The molecule has 0 heterocycles. The lowest BCUT2D eigenvalue weighted by atomic mass is 9.94. The van der Waals surface area contributed by atoms with E-state index in [1.54, 1.807) is 18.2 Å². The van der Waals surface area contributed by atoms with Crippen molar-refractivity contribution in [1.29, 1.82) is 0 Å². The highest BCUT2D eigenvalue weighted by molar-refractivity contribution is 8.00. The van der Waals surface area contributed by atoms with Crippen LogP contribution in [0.2, 0.25) is 0 Å². The van der Waals surface area contributed by atoms with Gasteiger partial charge in [0.2, 0.25) is 5.91 Å². The van der Waals surface area contributed by atoms with Gasteiger partial charge in [-0.2, -0.15) is 0 Å². The van der Waals surface area contributed by atoms with Crippen LogP contribution in [-0.4, -0.2) is 54.7 Å². The molecular weight excluding hydrogens is 388 g/mol. The third-order valence-electron chi connectivity index (χ3n) is 5.02. The fourth-order valence-electron chi connectivity index (χ4n) is 3.25. The molecule has 1 aliphatic carbocycles. The SMILES string of the molecule is CC(C)CNC(=O)COC(=O)c1ccccc1SCC(=O)N(C)C1CCCCC1. The van der Waals surface area contributed by atoms with E-state index in [0.29, 0.717) is 29.0 Å². The summed E-state index contributed by atoms with van der Waals surface area (Å²) < 4.78 is 5.15. The van der Waals surface area contributed by atoms with Gasteiger partial charge in [0, 0.05) is 24.5 Å². The maximum absolute atomic E-state index is 12.6. The first-order valence-electron chi connectivity index (χ1n) is 10.3. The predicted molar refractivity (Wildman–Crippen MR) is 115 cm³/mol. The van der Waals surface area contributed by atoms with Gasteiger partial charge in [0.1, 0.15) is 0 Å². The molecule has 160 valence electrons. The van der Waals surface area contributed by atoms with Gasteiger partial charge in [0.05, 0.1) is 11.3 Å². The third kappa shape index (κ3) is 7.72. The van der Waals surface area contributed by atoms with Crippen molar-refractivity contribution in [3.05, 3.63) is 29.8 Å². The van der Waals surface area contributed by atoms with Gasteiger partial charge in [-0.05, 0) is 30.9 Å². The van der Waals surface area contributed by atoms with Crippen LogP contribution in [0.4, 0.5) is 0 Å². The first-order valence-corrected chi connectivity index (χ1v) is 11.3. The molecule has 1 fully saturated rings. The van der Waals surface area contributed by atoms with Gasteiger partial charge < -0.3 is 15.0 Å². The van der Waals surface area contributed by atoms with Crippen LogP contribution >= 0.6 is 11.8 Å². The van der Waals surface area contributed by atoms with E-state index >= 15 is 0 Å². The van der Waals surface area contributed by atoms with E-state index in [4.69, 9.17) is 4.74 Å². The summed E-state index contributed by atoms with van der Waals surface area (Å²) in [6.07, 6.45) is 5.73. The highest BCUT2D eigenvalue weighted by Gasteiger charge is 2.23. The van der Waals surface area contributed by atoms with Crippen molar-refractivity contribution in [2.75, 3.05) is 26.0 Å². The Hall–Kier alpha value is -2.02. The Kier molecular flexibility index (Phi) is 9.51. The lowest BCUT2D eigenvalue weighted by Gasteiger charge is -2.31. The van der Waals surface area contributed by atoms with Gasteiger partial charge in [-0.15, -0.1) is 11.8 Å². The van der Waals surface area contributed by atoms with E-state index < -0.39 is 5.97 Å². The van der Waals surface area contributed by atoms with Gasteiger partial charge in [0.25, 0.3) is 5.91 Å².